The third-order valence-electron chi connectivity index (χ3n) is 3.27. The molecular weight excluding hydrogens is 258 g/mol. The summed E-state index contributed by atoms with van der Waals surface area (Å²) in [4.78, 5) is 12.2. The van der Waals surface area contributed by atoms with E-state index in [0.717, 1.165) is 12.0 Å². The van der Waals surface area contributed by atoms with E-state index >= 15 is 0 Å². The van der Waals surface area contributed by atoms with Crippen molar-refractivity contribution in [3.05, 3.63) is 23.8 Å². The lowest BCUT2D eigenvalue weighted by atomic mass is 9.90. The molecule has 1 aromatic carbocycles. The number of benzene rings is 1. The number of carbonyl (C=O) groups is 1. The van der Waals surface area contributed by atoms with Crippen LogP contribution in [-0.2, 0) is 15.1 Å². The van der Waals surface area contributed by atoms with Gasteiger partial charge in [0.15, 0.2) is 0 Å². The monoisotopic (exact) mass is 281 g/mol. The molecule has 0 spiro atoms. The molecule has 0 aliphatic rings. The normalized spacial score (nSPS) is 13.4. The van der Waals surface area contributed by atoms with Crippen LogP contribution < -0.4 is 14.8 Å². The quantitative estimate of drug-likeness (QED) is 0.776. The van der Waals surface area contributed by atoms with E-state index in [2.05, 4.69) is 5.32 Å². The Kier molecular flexibility index (Phi) is 5.82. The molecule has 0 saturated carbocycles. The van der Waals surface area contributed by atoms with Gasteiger partial charge in [-0.2, -0.15) is 0 Å². The van der Waals surface area contributed by atoms with Crippen molar-refractivity contribution < 1.29 is 19.0 Å². The zero-order valence-electron chi connectivity index (χ0n) is 12.8. The summed E-state index contributed by atoms with van der Waals surface area (Å²) in [5.74, 6) is 0.906. The van der Waals surface area contributed by atoms with Crippen LogP contribution in [0.4, 0.5) is 0 Å². The number of hydrogen-bond acceptors (Lipinski definition) is 5. The molecule has 0 aliphatic carbocycles. The van der Waals surface area contributed by atoms with Gasteiger partial charge >= 0.3 is 5.97 Å². The maximum atomic E-state index is 12.2. The third kappa shape index (κ3) is 3.22. The largest absolute Gasteiger partial charge is 0.497 e. The summed E-state index contributed by atoms with van der Waals surface area (Å²) in [5.41, 5.74) is -0.233. The maximum Gasteiger partial charge on any atom is 0.330 e. The fraction of sp³-hybridized carbons (Fsp3) is 0.533. The Hall–Kier alpha value is -1.75. The second-order valence-electron chi connectivity index (χ2n) is 4.61. The van der Waals surface area contributed by atoms with Crippen LogP contribution in [0.5, 0.6) is 11.5 Å². The number of nitrogens with one attached hydrogen (secondary N) is 1. The lowest BCUT2D eigenvalue weighted by Gasteiger charge is -2.30. The van der Waals surface area contributed by atoms with Crippen molar-refractivity contribution in [1.82, 2.24) is 5.32 Å². The van der Waals surface area contributed by atoms with Crippen LogP contribution in [0.3, 0.4) is 0 Å². The van der Waals surface area contributed by atoms with Crippen LogP contribution in [0, 0.1) is 0 Å². The highest BCUT2D eigenvalue weighted by Gasteiger charge is 2.38. The van der Waals surface area contributed by atoms with E-state index in [-0.39, 0.29) is 5.97 Å². The van der Waals surface area contributed by atoms with Gasteiger partial charge in [0.05, 0.1) is 21.3 Å². The summed E-state index contributed by atoms with van der Waals surface area (Å²) in [6.45, 7) is 4.52. The third-order valence-corrected chi connectivity index (χ3v) is 3.27. The van der Waals surface area contributed by atoms with E-state index in [1.807, 2.05) is 13.0 Å². The lowest BCUT2D eigenvalue weighted by molar-refractivity contribution is -0.148. The van der Waals surface area contributed by atoms with Crippen LogP contribution in [0.25, 0.3) is 0 Å². The number of esters is 1. The van der Waals surface area contributed by atoms with Gasteiger partial charge in [-0.05, 0) is 32.0 Å². The minimum atomic E-state index is -0.956. The van der Waals surface area contributed by atoms with E-state index < -0.39 is 5.54 Å². The second kappa shape index (κ2) is 7.14. The summed E-state index contributed by atoms with van der Waals surface area (Å²) in [7, 11) is 4.53. The van der Waals surface area contributed by atoms with Crippen LogP contribution in [0.1, 0.15) is 25.8 Å². The topological polar surface area (TPSA) is 56.8 Å². The molecule has 5 heteroatoms. The molecule has 0 bridgehead atoms. The van der Waals surface area contributed by atoms with Gasteiger partial charge in [-0.25, -0.2) is 4.79 Å². The Bertz CT molecular complexity index is 461. The minimum absolute atomic E-state index is 0.352. The lowest BCUT2D eigenvalue weighted by Crippen LogP contribution is -2.47. The van der Waals surface area contributed by atoms with Crippen molar-refractivity contribution in [2.24, 2.45) is 0 Å². The molecule has 0 amide bonds. The molecule has 0 saturated heterocycles. The van der Waals surface area contributed by atoms with Crippen LogP contribution in [0.15, 0.2) is 18.2 Å². The first kappa shape index (κ1) is 16.3. The fourth-order valence-corrected chi connectivity index (χ4v) is 2.07. The molecule has 20 heavy (non-hydrogen) atoms. The SMILES string of the molecule is CCCNC(C)(C(=O)OC)c1ccc(OC)cc1OC. The number of carbonyl (C=O) groups excluding carboxylic acids is 1. The predicted octanol–water partition coefficient (Wildman–Crippen LogP) is 2.09. The smallest absolute Gasteiger partial charge is 0.330 e. The highest BCUT2D eigenvalue weighted by atomic mass is 16.5. The molecule has 1 aromatic rings. The summed E-state index contributed by atoms with van der Waals surface area (Å²) >= 11 is 0. The molecule has 1 rings (SSSR count). The van der Waals surface area contributed by atoms with Crippen LogP contribution in [-0.4, -0.2) is 33.8 Å². The predicted molar refractivity (Wildman–Crippen MR) is 77.2 cm³/mol. The van der Waals surface area contributed by atoms with E-state index in [1.54, 1.807) is 33.3 Å². The van der Waals surface area contributed by atoms with Crippen LogP contribution >= 0.6 is 0 Å². The Morgan fingerprint density at radius 1 is 1.25 bits per heavy atom. The van der Waals surface area contributed by atoms with Crippen molar-refractivity contribution in [2.45, 2.75) is 25.8 Å². The molecule has 112 valence electrons. The molecule has 5 nitrogen and oxygen atoms in total. The second-order valence-corrected chi connectivity index (χ2v) is 4.61. The van der Waals surface area contributed by atoms with E-state index in [1.165, 1.54) is 7.11 Å². The first-order valence-electron chi connectivity index (χ1n) is 6.59. The average Bonchev–Trinajstić information content (AvgIpc) is 2.50. The van der Waals surface area contributed by atoms with Gasteiger partial charge in [-0.3, -0.25) is 5.32 Å². The van der Waals surface area contributed by atoms with Crippen LogP contribution in [0.2, 0.25) is 0 Å². The zero-order valence-corrected chi connectivity index (χ0v) is 12.8. The van der Waals surface area contributed by atoms with Gasteiger partial charge in [0.25, 0.3) is 0 Å². The van der Waals surface area contributed by atoms with Crippen molar-refractivity contribution in [3.8, 4) is 11.5 Å². The van der Waals surface area contributed by atoms with Gasteiger partial charge < -0.3 is 14.2 Å². The van der Waals surface area contributed by atoms with Crippen molar-refractivity contribution in [3.63, 3.8) is 0 Å². The van der Waals surface area contributed by atoms with Gasteiger partial charge in [-0.1, -0.05) is 6.92 Å². The van der Waals surface area contributed by atoms with E-state index in [4.69, 9.17) is 14.2 Å². The van der Waals surface area contributed by atoms with Gasteiger partial charge in [0.1, 0.15) is 17.0 Å². The number of ether oxygens (including phenoxy) is 3. The molecule has 1 atom stereocenters. The summed E-state index contributed by atoms with van der Waals surface area (Å²) in [6, 6.07) is 5.37. The Labute approximate surface area is 120 Å². The summed E-state index contributed by atoms with van der Waals surface area (Å²) < 4.78 is 15.5. The molecular formula is C15H23NO4. The molecule has 1 unspecified atom stereocenters. The molecule has 0 aliphatic heterocycles. The Morgan fingerprint density at radius 2 is 1.95 bits per heavy atom. The molecule has 0 aromatic heterocycles. The van der Waals surface area contributed by atoms with Gasteiger partial charge in [0.2, 0.25) is 0 Å². The van der Waals surface area contributed by atoms with Crippen molar-refractivity contribution in [2.75, 3.05) is 27.9 Å². The molecule has 0 radical (unpaired) electrons. The standard InChI is InChI=1S/C15H23NO4/c1-6-9-16-15(2,14(17)20-5)12-8-7-11(18-3)10-13(12)19-4/h7-8,10,16H,6,9H2,1-5H3. The van der Waals surface area contributed by atoms with Gasteiger partial charge in [-0.15, -0.1) is 0 Å². The van der Waals surface area contributed by atoms with E-state index in [9.17, 15) is 4.79 Å². The molecule has 0 fully saturated rings. The minimum Gasteiger partial charge on any atom is -0.497 e. The Balaban J connectivity index is 3.29. The Morgan fingerprint density at radius 3 is 2.45 bits per heavy atom. The fourth-order valence-electron chi connectivity index (χ4n) is 2.07. The number of methoxy groups -OCH3 is 3. The molecule has 0 heterocycles. The zero-order chi connectivity index (χ0) is 15.2. The maximum absolute atomic E-state index is 12.2. The highest BCUT2D eigenvalue weighted by Crippen LogP contribution is 2.34. The first-order valence-corrected chi connectivity index (χ1v) is 6.59. The summed E-state index contributed by atoms with van der Waals surface area (Å²) in [6.07, 6.45) is 0.908. The summed E-state index contributed by atoms with van der Waals surface area (Å²) in [5, 5.41) is 3.23. The molecule has 1 N–H and O–H groups in total. The number of rotatable bonds is 7. The first-order chi connectivity index (χ1) is 9.53. The van der Waals surface area contributed by atoms with Crippen molar-refractivity contribution >= 4 is 5.97 Å². The highest BCUT2D eigenvalue weighted by molar-refractivity contribution is 5.83. The van der Waals surface area contributed by atoms with Gasteiger partial charge in [0, 0.05) is 11.6 Å². The average molecular weight is 281 g/mol. The van der Waals surface area contributed by atoms with E-state index in [0.29, 0.717) is 18.0 Å². The number of hydrogen-bond donors (Lipinski definition) is 1. The van der Waals surface area contributed by atoms with Crippen molar-refractivity contribution in [1.29, 1.82) is 0 Å².